The molecule has 0 saturated heterocycles. The van der Waals surface area contributed by atoms with Gasteiger partial charge in [0, 0.05) is 0 Å². The zero-order valence-corrected chi connectivity index (χ0v) is 9.72. The lowest BCUT2D eigenvalue weighted by Crippen LogP contribution is -2.26. The van der Waals surface area contributed by atoms with E-state index in [2.05, 4.69) is 5.32 Å². The highest BCUT2D eigenvalue weighted by atomic mass is 19.1. The van der Waals surface area contributed by atoms with Crippen LogP contribution >= 0.6 is 0 Å². The second kappa shape index (κ2) is 4.47. The van der Waals surface area contributed by atoms with Gasteiger partial charge in [0.1, 0.15) is 5.56 Å². The van der Waals surface area contributed by atoms with Gasteiger partial charge >= 0.3 is 5.97 Å². The van der Waals surface area contributed by atoms with Crippen LogP contribution in [-0.4, -0.2) is 33.3 Å². The number of aliphatic hydroxyl groups is 1. The molecule has 0 aliphatic heterocycles. The fraction of sp³-hybridized carbons (Fsp3) is 0.364. The topological polar surface area (TPSA) is 113 Å². The summed E-state index contributed by atoms with van der Waals surface area (Å²) in [6.45, 7) is -0.216. The number of nitrogens with zero attached hydrogens (tertiary/aromatic N) is 1. The van der Waals surface area contributed by atoms with Crippen molar-refractivity contribution >= 4 is 17.3 Å². The fourth-order valence-corrected chi connectivity index (χ4v) is 1.74. The molecule has 7 nitrogen and oxygen atoms in total. The van der Waals surface area contributed by atoms with Crippen molar-refractivity contribution in [2.75, 3.05) is 11.9 Å². The Balaban J connectivity index is 2.43. The normalized spacial score (nSPS) is 15.9. The summed E-state index contributed by atoms with van der Waals surface area (Å²) in [6, 6.07) is 1.45. The van der Waals surface area contributed by atoms with Crippen LogP contribution in [0.15, 0.2) is 12.1 Å². The van der Waals surface area contributed by atoms with E-state index in [4.69, 9.17) is 10.2 Å². The van der Waals surface area contributed by atoms with Crippen LogP contribution < -0.4 is 5.32 Å². The molecule has 19 heavy (non-hydrogen) atoms. The molecular formula is C11H11FN2O5. The average molecular weight is 270 g/mol. The smallest absolute Gasteiger partial charge is 0.342 e. The zero-order chi connectivity index (χ0) is 14.2. The highest BCUT2D eigenvalue weighted by Gasteiger charge is 2.42. The van der Waals surface area contributed by atoms with Crippen LogP contribution in [-0.2, 0) is 0 Å². The molecule has 1 aromatic rings. The summed E-state index contributed by atoms with van der Waals surface area (Å²) < 4.78 is 13.7. The van der Waals surface area contributed by atoms with Gasteiger partial charge in [0.15, 0.2) is 5.82 Å². The monoisotopic (exact) mass is 270 g/mol. The summed E-state index contributed by atoms with van der Waals surface area (Å²) in [6.07, 6.45) is 1.25. The molecule has 3 N–H and O–H groups in total. The van der Waals surface area contributed by atoms with Crippen molar-refractivity contribution in [3.63, 3.8) is 0 Å². The molecule has 0 amide bonds. The summed E-state index contributed by atoms with van der Waals surface area (Å²) in [5, 5.41) is 31.4. The number of carboxylic acid groups (broad SMARTS) is 1. The lowest BCUT2D eigenvalue weighted by atomic mass is 10.1. The lowest BCUT2D eigenvalue weighted by Gasteiger charge is -2.16. The van der Waals surface area contributed by atoms with Gasteiger partial charge in [-0.05, 0) is 18.9 Å². The number of aromatic carboxylic acids is 1. The van der Waals surface area contributed by atoms with Crippen LogP contribution in [0.3, 0.4) is 0 Å². The SMILES string of the molecule is O=C(O)c1cc(NC2(CO)CC2)c(F)cc1[N+](=O)[O-]. The van der Waals surface area contributed by atoms with E-state index in [-0.39, 0.29) is 12.3 Å². The molecule has 1 saturated carbocycles. The van der Waals surface area contributed by atoms with Crippen LogP contribution in [0.25, 0.3) is 0 Å². The number of carbonyl (C=O) groups is 1. The van der Waals surface area contributed by atoms with Gasteiger partial charge in [0.2, 0.25) is 0 Å². The standard InChI is InChI=1S/C11H11FN2O5/c12-7-4-9(14(18)19)6(10(16)17)3-8(7)13-11(5-15)1-2-11/h3-4,13,15H,1-2,5H2,(H,16,17). The molecule has 0 heterocycles. The van der Waals surface area contributed by atoms with E-state index >= 15 is 0 Å². The Morgan fingerprint density at radius 1 is 1.53 bits per heavy atom. The first-order valence-electron chi connectivity index (χ1n) is 5.49. The van der Waals surface area contributed by atoms with E-state index < -0.39 is 33.5 Å². The number of hydrogen-bond acceptors (Lipinski definition) is 5. The number of rotatable bonds is 5. The average Bonchev–Trinajstić information content (AvgIpc) is 3.11. The third kappa shape index (κ3) is 2.48. The van der Waals surface area contributed by atoms with Gasteiger partial charge in [-0.25, -0.2) is 9.18 Å². The van der Waals surface area contributed by atoms with Crippen molar-refractivity contribution in [2.45, 2.75) is 18.4 Å². The fourth-order valence-electron chi connectivity index (χ4n) is 1.74. The molecule has 0 unspecified atom stereocenters. The predicted molar refractivity (Wildman–Crippen MR) is 62.7 cm³/mol. The quantitative estimate of drug-likeness (QED) is 0.550. The van der Waals surface area contributed by atoms with Gasteiger partial charge in [-0.3, -0.25) is 10.1 Å². The predicted octanol–water partition coefficient (Wildman–Crippen LogP) is 1.37. The second-order valence-corrected chi connectivity index (χ2v) is 4.47. The van der Waals surface area contributed by atoms with Crippen LogP contribution in [0, 0.1) is 15.9 Å². The Labute approximate surface area is 106 Å². The molecular weight excluding hydrogens is 259 g/mol. The first kappa shape index (κ1) is 13.2. The molecule has 1 aliphatic carbocycles. The van der Waals surface area contributed by atoms with Crippen LogP contribution in [0.4, 0.5) is 15.8 Å². The van der Waals surface area contributed by atoms with Crippen molar-refractivity contribution in [1.82, 2.24) is 0 Å². The first-order chi connectivity index (χ1) is 8.88. The molecule has 102 valence electrons. The van der Waals surface area contributed by atoms with Crippen molar-refractivity contribution in [2.24, 2.45) is 0 Å². The minimum Gasteiger partial charge on any atom is -0.477 e. The maximum atomic E-state index is 13.7. The number of anilines is 1. The summed E-state index contributed by atoms with van der Waals surface area (Å²) in [5.41, 5.74) is -2.20. The van der Waals surface area contributed by atoms with E-state index in [1.165, 1.54) is 0 Å². The van der Waals surface area contributed by atoms with Gasteiger partial charge in [-0.2, -0.15) is 0 Å². The number of hydrogen-bond donors (Lipinski definition) is 3. The Kier molecular flexibility index (Phi) is 3.11. The van der Waals surface area contributed by atoms with E-state index in [1.807, 2.05) is 0 Å². The Morgan fingerprint density at radius 3 is 2.58 bits per heavy atom. The van der Waals surface area contributed by atoms with Crippen LogP contribution in [0.2, 0.25) is 0 Å². The molecule has 8 heteroatoms. The number of halogens is 1. The highest BCUT2D eigenvalue weighted by Crippen LogP contribution is 2.39. The lowest BCUT2D eigenvalue weighted by molar-refractivity contribution is -0.385. The number of carboxylic acids is 1. The second-order valence-electron chi connectivity index (χ2n) is 4.47. The molecule has 0 bridgehead atoms. The Hall–Kier alpha value is -2.22. The van der Waals surface area contributed by atoms with Gasteiger partial charge in [-0.1, -0.05) is 0 Å². The van der Waals surface area contributed by atoms with Gasteiger partial charge in [-0.15, -0.1) is 0 Å². The van der Waals surface area contributed by atoms with Crippen LogP contribution in [0.5, 0.6) is 0 Å². The van der Waals surface area contributed by atoms with E-state index in [0.717, 1.165) is 6.07 Å². The van der Waals surface area contributed by atoms with Crippen molar-refractivity contribution in [3.8, 4) is 0 Å². The number of benzene rings is 1. The minimum atomic E-state index is -1.51. The maximum absolute atomic E-state index is 13.7. The number of nitro benzene ring substituents is 1. The van der Waals surface area contributed by atoms with Crippen LogP contribution in [0.1, 0.15) is 23.2 Å². The number of aliphatic hydroxyl groups excluding tert-OH is 1. The van der Waals surface area contributed by atoms with Gasteiger partial charge < -0.3 is 15.5 Å². The summed E-state index contributed by atoms with van der Waals surface area (Å²) >= 11 is 0. The summed E-state index contributed by atoms with van der Waals surface area (Å²) in [4.78, 5) is 20.6. The van der Waals surface area contributed by atoms with E-state index in [9.17, 15) is 19.3 Å². The van der Waals surface area contributed by atoms with Gasteiger partial charge in [0.05, 0.1) is 28.8 Å². The first-order valence-corrected chi connectivity index (χ1v) is 5.49. The molecule has 0 spiro atoms. The largest absolute Gasteiger partial charge is 0.477 e. The third-order valence-electron chi connectivity index (χ3n) is 3.07. The molecule has 0 radical (unpaired) electrons. The molecule has 2 rings (SSSR count). The molecule has 1 fully saturated rings. The molecule has 0 aromatic heterocycles. The number of nitro groups is 1. The van der Waals surface area contributed by atoms with E-state index in [0.29, 0.717) is 18.9 Å². The number of nitrogens with one attached hydrogen (secondary N) is 1. The molecule has 1 aliphatic rings. The third-order valence-corrected chi connectivity index (χ3v) is 3.07. The Bertz CT molecular complexity index is 556. The summed E-state index contributed by atoms with van der Waals surface area (Å²) in [7, 11) is 0. The molecule has 1 aromatic carbocycles. The van der Waals surface area contributed by atoms with E-state index in [1.54, 1.807) is 0 Å². The van der Waals surface area contributed by atoms with Crippen molar-refractivity contribution < 1.29 is 24.3 Å². The minimum absolute atomic E-state index is 0.158. The zero-order valence-electron chi connectivity index (χ0n) is 9.72. The molecule has 0 atom stereocenters. The maximum Gasteiger partial charge on any atom is 0.342 e. The highest BCUT2D eigenvalue weighted by molar-refractivity contribution is 5.93. The Morgan fingerprint density at radius 2 is 2.16 bits per heavy atom. The van der Waals surface area contributed by atoms with Crippen molar-refractivity contribution in [1.29, 1.82) is 0 Å². The summed E-state index contributed by atoms with van der Waals surface area (Å²) in [5.74, 6) is -2.43. The van der Waals surface area contributed by atoms with Gasteiger partial charge in [0.25, 0.3) is 5.69 Å². The van der Waals surface area contributed by atoms with Crippen molar-refractivity contribution in [3.05, 3.63) is 33.6 Å².